The zero-order valence-electron chi connectivity index (χ0n) is 10.1. The Morgan fingerprint density at radius 2 is 1.48 bits per heavy atom. The lowest BCUT2D eigenvalue weighted by atomic mass is 9.99. The quantitative estimate of drug-likeness (QED) is 0.636. The Balaban J connectivity index is 2.79. The Bertz CT molecular complexity index is 662. The molecule has 1 aromatic heterocycles. The zero-order chi connectivity index (χ0) is 15.8. The molecule has 0 saturated heterocycles. The summed E-state index contributed by atoms with van der Waals surface area (Å²) in [5, 5.41) is -0.704. The van der Waals surface area contributed by atoms with Crippen LogP contribution >= 0.6 is 11.6 Å². The summed E-state index contributed by atoms with van der Waals surface area (Å²) in [6.07, 6.45) is -8.79. The van der Waals surface area contributed by atoms with Crippen molar-refractivity contribution in [3.05, 3.63) is 52.7 Å². The number of aromatic nitrogens is 1. The van der Waals surface area contributed by atoms with Gasteiger partial charge in [-0.2, -0.15) is 26.3 Å². The Morgan fingerprint density at radius 1 is 0.857 bits per heavy atom. The molecule has 112 valence electrons. The Morgan fingerprint density at radius 3 is 2.05 bits per heavy atom. The van der Waals surface area contributed by atoms with E-state index >= 15 is 0 Å². The van der Waals surface area contributed by atoms with Gasteiger partial charge in [0.05, 0.1) is 16.3 Å². The second-order valence-electron chi connectivity index (χ2n) is 4.06. The number of nitrogens with zero attached hydrogens (tertiary/aromatic N) is 1. The molecular formula is C13H6ClF6N. The van der Waals surface area contributed by atoms with Gasteiger partial charge in [0, 0.05) is 11.8 Å². The topological polar surface area (TPSA) is 12.9 Å². The minimum Gasteiger partial charge on any atom is -0.255 e. The molecule has 1 aromatic carbocycles. The van der Waals surface area contributed by atoms with Crippen molar-refractivity contribution in [3.8, 4) is 11.3 Å². The predicted octanol–water partition coefficient (Wildman–Crippen LogP) is 5.44. The van der Waals surface area contributed by atoms with E-state index in [1.165, 1.54) is 6.07 Å². The van der Waals surface area contributed by atoms with Crippen LogP contribution in [-0.4, -0.2) is 4.98 Å². The number of rotatable bonds is 1. The maximum atomic E-state index is 13.0. The summed E-state index contributed by atoms with van der Waals surface area (Å²) in [4.78, 5) is 3.45. The molecule has 0 N–H and O–H groups in total. The fourth-order valence-corrected chi connectivity index (χ4v) is 2.10. The van der Waals surface area contributed by atoms with E-state index < -0.39 is 39.8 Å². The van der Waals surface area contributed by atoms with Crippen LogP contribution in [0.5, 0.6) is 0 Å². The number of hydrogen-bond acceptors (Lipinski definition) is 1. The maximum Gasteiger partial charge on any atom is 0.419 e. The average molecular weight is 326 g/mol. The Hall–Kier alpha value is -1.76. The van der Waals surface area contributed by atoms with E-state index in [1.807, 2.05) is 0 Å². The summed E-state index contributed by atoms with van der Waals surface area (Å²) >= 11 is 5.49. The molecule has 0 aliphatic rings. The zero-order valence-corrected chi connectivity index (χ0v) is 10.8. The van der Waals surface area contributed by atoms with Gasteiger partial charge in [0.2, 0.25) is 0 Å². The van der Waals surface area contributed by atoms with Crippen molar-refractivity contribution in [2.75, 3.05) is 0 Å². The molecule has 21 heavy (non-hydrogen) atoms. The molecule has 0 spiro atoms. The van der Waals surface area contributed by atoms with Crippen molar-refractivity contribution in [2.24, 2.45) is 0 Å². The van der Waals surface area contributed by atoms with Crippen molar-refractivity contribution in [1.82, 2.24) is 4.98 Å². The summed E-state index contributed by atoms with van der Waals surface area (Å²) in [7, 11) is 0. The number of alkyl halides is 6. The molecule has 0 saturated carbocycles. The third-order valence-electron chi connectivity index (χ3n) is 2.67. The molecule has 1 heterocycles. The van der Waals surface area contributed by atoms with Gasteiger partial charge >= 0.3 is 12.4 Å². The van der Waals surface area contributed by atoms with Crippen LogP contribution in [0, 0.1) is 0 Å². The molecule has 0 amide bonds. The standard InChI is InChI=1S/C13H6ClF6N/c14-9-5-6-21-11(10(9)13(18,19)20)7-3-1-2-4-8(7)12(15,16)17/h1-6H. The lowest BCUT2D eigenvalue weighted by Gasteiger charge is -2.17. The highest BCUT2D eigenvalue weighted by Crippen LogP contribution is 2.43. The Kier molecular flexibility index (Phi) is 3.88. The van der Waals surface area contributed by atoms with Crippen LogP contribution in [0.25, 0.3) is 11.3 Å². The molecule has 2 rings (SSSR count). The van der Waals surface area contributed by atoms with Crippen LogP contribution in [0.3, 0.4) is 0 Å². The fourth-order valence-electron chi connectivity index (χ4n) is 1.85. The minimum absolute atomic E-state index is 0.667. The van der Waals surface area contributed by atoms with Crippen molar-refractivity contribution >= 4 is 11.6 Å². The smallest absolute Gasteiger partial charge is 0.255 e. The second kappa shape index (κ2) is 5.22. The lowest BCUT2D eigenvalue weighted by Crippen LogP contribution is -2.13. The second-order valence-corrected chi connectivity index (χ2v) is 4.46. The molecule has 0 unspecified atom stereocenters. The minimum atomic E-state index is -4.92. The molecule has 0 aliphatic heterocycles. The molecule has 0 radical (unpaired) electrons. The first kappa shape index (κ1) is 15.6. The van der Waals surface area contributed by atoms with Crippen LogP contribution in [0.15, 0.2) is 36.5 Å². The van der Waals surface area contributed by atoms with Gasteiger partial charge in [0.15, 0.2) is 0 Å². The highest BCUT2D eigenvalue weighted by Gasteiger charge is 2.40. The van der Waals surface area contributed by atoms with Crippen LogP contribution in [0.1, 0.15) is 11.1 Å². The van der Waals surface area contributed by atoms with E-state index in [4.69, 9.17) is 11.6 Å². The maximum absolute atomic E-state index is 13.0. The molecule has 0 aliphatic carbocycles. The van der Waals surface area contributed by atoms with Gasteiger partial charge in [-0.1, -0.05) is 29.8 Å². The van der Waals surface area contributed by atoms with Crippen LogP contribution in [0.4, 0.5) is 26.3 Å². The third-order valence-corrected chi connectivity index (χ3v) is 2.99. The van der Waals surface area contributed by atoms with Crippen molar-refractivity contribution in [2.45, 2.75) is 12.4 Å². The van der Waals surface area contributed by atoms with Crippen LogP contribution in [0.2, 0.25) is 5.02 Å². The number of benzene rings is 1. The van der Waals surface area contributed by atoms with Gasteiger partial charge < -0.3 is 0 Å². The van der Waals surface area contributed by atoms with Crippen molar-refractivity contribution in [3.63, 3.8) is 0 Å². The molecule has 1 nitrogen and oxygen atoms in total. The summed E-state index contributed by atoms with van der Waals surface area (Å²) in [5.41, 5.74) is -4.10. The molecule has 8 heteroatoms. The molecule has 0 atom stereocenters. The summed E-state index contributed by atoms with van der Waals surface area (Å²) in [6, 6.07) is 4.79. The first-order valence-electron chi connectivity index (χ1n) is 5.50. The molecule has 0 fully saturated rings. The van der Waals surface area contributed by atoms with Gasteiger partial charge in [-0.05, 0) is 12.1 Å². The van der Waals surface area contributed by atoms with E-state index in [2.05, 4.69) is 4.98 Å². The number of pyridine rings is 1. The van der Waals surface area contributed by atoms with E-state index in [1.54, 1.807) is 0 Å². The van der Waals surface area contributed by atoms with Crippen LogP contribution in [-0.2, 0) is 12.4 Å². The highest BCUT2D eigenvalue weighted by molar-refractivity contribution is 6.31. The van der Waals surface area contributed by atoms with Crippen molar-refractivity contribution in [1.29, 1.82) is 0 Å². The summed E-state index contributed by atoms with van der Waals surface area (Å²) in [5.74, 6) is 0. The van der Waals surface area contributed by atoms with E-state index in [-0.39, 0.29) is 0 Å². The SMILES string of the molecule is FC(F)(F)c1ccccc1-c1nccc(Cl)c1C(F)(F)F. The largest absolute Gasteiger partial charge is 0.419 e. The van der Waals surface area contributed by atoms with E-state index in [0.29, 0.717) is 6.07 Å². The number of hydrogen-bond donors (Lipinski definition) is 0. The first-order chi connectivity index (χ1) is 9.62. The van der Waals surface area contributed by atoms with Gasteiger partial charge in [0.25, 0.3) is 0 Å². The fraction of sp³-hybridized carbons (Fsp3) is 0.154. The van der Waals surface area contributed by atoms with Gasteiger partial charge in [-0.15, -0.1) is 0 Å². The van der Waals surface area contributed by atoms with Crippen LogP contribution < -0.4 is 0 Å². The molecule has 0 bridgehead atoms. The Labute approximate surface area is 120 Å². The third kappa shape index (κ3) is 3.12. The van der Waals surface area contributed by atoms with Crippen molar-refractivity contribution < 1.29 is 26.3 Å². The molecular weight excluding hydrogens is 320 g/mol. The monoisotopic (exact) mass is 325 g/mol. The van der Waals surface area contributed by atoms with Gasteiger partial charge in [0.1, 0.15) is 5.56 Å². The van der Waals surface area contributed by atoms with E-state index in [9.17, 15) is 26.3 Å². The molecule has 2 aromatic rings. The lowest BCUT2D eigenvalue weighted by molar-refractivity contribution is -0.139. The first-order valence-corrected chi connectivity index (χ1v) is 5.88. The number of halogens is 7. The van der Waals surface area contributed by atoms with Gasteiger partial charge in [-0.25, -0.2) is 0 Å². The average Bonchev–Trinajstić information content (AvgIpc) is 2.36. The van der Waals surface area contributed by atoms with Gasteiger partial charge in [-0.3, -0.25) is 4.98 Å². The van der Waals surface area contributed by atoms with E-state index in [0.717, 1.165) is 24.4 Å². The summed E-state index contributed by atoms with van der Waals surface area (Å²) < 4.78 is 77.8. The summed E-state index contributed by atoms with van der Waals surface area (Å²) in [6.45, 7) is 0. The normalized spacial score (nSPS) is 12.5. The highest BCUT2D eigenvalue weighted by atomic mass is 35.5. The predicted molar refractivity (Wildman–Crippen MR) is 64.7 cm³/mol.